The summed E-state index contributed by atoms with van der Waals surface area (Å²) in [6.45, 7) is 4.41. The Kier molecular flexibility index (Phi) is 4.59. The van der Waals surface area contributed by atoms with Gasteiger partial charge in [0.1, 0.15) is 0 Å². The van der Waals surface area contributed by atoms with Gasteiger partial charge in [0, 0.05) is 45.6 Å². The fraction of sp³-hybridized carbons (Fsp3) is 0.357. The summed E-state index contributed by atoms with van der Waals surface area (Å²) in [6, 6.07) is 16.4. The first kappa shape index (κ1) is 20.4. The minimum atomic E-state index is -0.513. The van der Waals surface area contributed by atoms with Crippen LogP contribution in [0.15, 0.2) is 48.5 Å². The van der Waals surface area contributed by atoms with Crippen LogP contribution < -0.4 is 5.32 Å². The number of rotatable bonds is 4. The summed E-state index contributed by atoms with van der Waals surface area (Å²) in [6.07, 6.45) is 3.77. The van der Waals surface area contributed by atoms with Crippen molar-refractivity contribution in [3.8, 4) is 0 Å². The van der Waals surface area contributed by atoms with Gasteiger partial charge in [-0.05, 0) is 54.9 Å². The molecule has 2 aromatic carbocycles. The van der Waals surface area contributed by atoms with Gasteiger partial charge >= 0.3 is 0 Å². The standard InChI is InChI=1S/C28H29N3O2/c1-28(2)14-22-25(23(32)15-28)24-19-5-3-4-6-20(19)31-26(24)21(30-22)13-16-7-11-18(12-8-16)29-27(33)17-9-10-17/h3-8,11-12,17,23,31-32H,9-10,13-15H2,1-2H3,(H,29,33). The Bertz CT molecular complexity index is 1380. The second kappa shape index (κ2) is 7.42. The minimum Gasteiger partial charge on any atom is -0.388 e. The Balaban J connectivity index is 1.42. The van der Waals surface area contributed by atoms with Gasteiger partial charge in [-0.25, -0.2) is 0 Å². The molecular formula is C28H29N3O2. The van der Waals surface area contributed by atoms with Crippen LogP contribution in [0.4, 0.5) is 5.69 Å². The highest BCUT2D eigenvalue weighted by Crippen LogP contribution is 2.45. The lowest BCUT2D eigenvalue weighted by Gasteiger charge is -2.34. The molecule has 1 fully saturated rings. The summed E-state index contributed by atoms with van der Waals surface area (Å²) < 4.78 is 0. The van der Waals surface area contributed by atoms with Crippen molar-refractivity contribution in [3.63, 3.8) is 0 Å². The number of fused-ring (bicyclic) bond motifs is 5. The number of anilines is 1. The molecule has 1 atom stereocenters. The van der Waals surface area contributed by atoms with Crippen LogP contribution in [0.3, 0.4) is 0 Å². The van der Waals surface area contributed by atoms with E-state index in [1.807, 2.05) is 18.2 Å². The number of hydrogen-bond donors (Lipinski definition) is 3. The summed E-state index contributed by atoms with van der Waals surface area (Å²) in [4.78, 5) is 20.8. The molecule has 2 aliphatic rings. The molecule has 4 aromatic rings. The highest BCUT2D eigenvalue weighted by molar-refractivity contribution is 6.10. The van der Waals surface area contributed by atoms with Gasteiger partial charge in [-0.3, -0.25) is 9.78 Å². The molecule has 168 valence electrons. The van der Waals surface area contributed by atoms with E-state index in [1.165, 1.54) is 0 Å². The number of amides is 1. The maximum atomic E-state index is 12.1. The average molecular weight is 440 g/mol. The number of para-hydroxylation sites is 1. The first-order valence-corrected chi connectivity index (χ1v) is 11.9. The zero-order chi connectivity index (χ0) is 22.7. The van der Waals surface area contributed by atoms with E-state index < -0.39 is 6.10 Å². The highest BCUT2D eigenvalue weighted by Gasteiger charge is 2.35. The van der Waals surface area contributed by atoms with Crippen molar-refractivity contribution in [2.45, 2.75) is 52.1 Å². The molecule has 1 amide bonds. The molecule has 1 unspecified atom stereocenters. The Morgan fingerprint density at radius 2 is 1.91 bits per heavy atom. The Morgan fingerprint density at radius 3 is 2.67 bits per heavy atom. The lowest BCUT2D eigenvalue weighted by Crippen LogP contribution is -2.27. The van der Waals surface area contributed by atoms with E-state index in [2.05, 4.69) is 54.5 Å². The molecular weight excluding hydrogens is 410 g/mol. The average Bonchev–Trinajstić information content (AvgIpc) is 3.55. The van der Waals surface area contributed by atoms with Gasteiger partial charge in [0.05, 0.1) is 17.3 Å². The fourth-order valence-electron chi connectivity index (χ4n) is 5.32. The van der Waals surface area contributed by atoms with E-state index in [4.69, 9.17) is 4.98 Å². The molecule has 0 saturated heterocycles. The first-order valence-electron chi connectivity index (χ1n) is 11.9. The fourth-order valence-corrected chi connectivity index (χ4v) is 5.32. The van der Waals surface area contributed by atoms with Gasteiger partial charge < -0.3 is 15.4 Å². The third-order valence-electron chi connectivity index (χ3n) is 7.11. The number of aromatic amines is 1. The largest absolute Gasteiger partial charge is 0.388 e. The molecule has 3 N–H and O–H groups in total. The first-order chi connectivity index (χ1) is 15.9. The van der Waals surface area contributed by atoms with Gasteiger partial charge in [0.2, 0.25) is 5.91 Å². The van der Waals surface area contributed by atoms with E-state index in [0.29, 0.717) is 6.42 Å². The number of carbonyl (C=O) groups excluding carboxylic acids is 1. The zero-order valence-corrected chi connectivity index (χ0v) is 19.1. The molecule has 2 heterocycles. The van der Waals surface area contributed by atoms with Crippen molar-refractivity contribution in [1.82, 2.24) is 9.97 Å². The Hall–Kier alpha value is -3.18. The van der Waals surface area contributed by atoms with Crippen LogP contribution in [0.25, 0.3) is 21.8 Å². The lowest BCUT2D eigenvalue weighted by atomic mass is 9.74. The van der Waals surface area contributed by atoms with Gasteiger partial charge in [-0.2, -0.15) is 0 Å². The number of aliphatic hydroxyl groups excluding tert-OH is 1. The van der Waals surface area contributed by atoms with Crippen molar-refractivity contribution in [2.24, 2.45) is 11.3 Å². The molecule has 2 aliphatic carbocycles. The van der Waals surface area contributed by atoms with E-state index in [-0.39, 0.29) is 17.2 Å². The quantitative estimate of drug-likeness (QED) is 0.384. The molecule has 0 spiro atoms. The summed E-state index contributed by atoms with van der Waals surface area (Å²) in [5, 5.41) is 16.4. The maximum absolute atomic E-state index is 12.1. The SMILES string of the molecule is CC1(C)Cc2nc(Cc3ccc(NC(=O)C4CC4)cc3)c3[nH]c4ccccc4c3c2C(O)C1. The molecule has 2 aromatic heterocycles. The van der Waals surface area contributed by atoms with E-state index in [1.54, 1.807) is 0 Å². The van der Waals surface area contributed by atoms with Crippen molar-refractivity contribution in [2.75, 3.05) is 5.32 Å². The van der Waals surface area contributed by atoms with Crippen LogP contribution in [0.5, 0.6) is 0 Å². The number of carbonyl (C=O) groups is 1. The summed E-state index contributed by atoms with van der Waals surface area (Å²) in [5.74, 6) is 0.319. The minimum absolute atomic E-state index is 0.0118. The predicted octanol–water partition coefficient (Wildman–Crippen LogP) is 5.66. The van der Waals surface area contributed by atoms with Gasteiger partial charge in [-0.15, -0.1) is 0 Å². The second-order valence-corrected chi connectivity index (χ2v) is 10.5. The number of hydrogen-bond acceptors (Lipinski definition) is 3. The highest BCUT2D eigenvalue weighted by atomic mass is 16.3. The van der Waals surface area contributed by atoms with Gasteiger partial charge in [0.25, 0.3) is 0 Å². The summed E-state index contributed by atoms with van der Waals surface area (Å²) >= 11 is 0. The van der Waals surface area contributed by atoms with Crippen LogP contribution >= 0.6 is 0 Å². The van der Waals surface area contributed by atoms with Crippen LogP contribution in [0, 0.1) is 11.3 Å². The number of aromatic nitrogens is 2. The topological polar surface area (TPSA) is 78.0 Å². The molecule has 1 saturated carbocycles. The van der Waals surface area contributed by atoms with Crippen molar-refractivity contribution >= 4 is 33.4 Å². The van der Waals surface area contributed by atoms with E-state index in [9.17, 15) is 9.90 Å². The van der Waals surface area contributed by atoms with Crippen LogP contribution in [-0.2, 0) is 17.6 Å². The van der Waals surface area contributed by atoms with E-state index in [0.717, 1.165) is 75.7 Å². The Morgan fingerprint density at radius 1 is 1.15 bits per heavy atom. The molecule has 33 heavy (non-hydrogen) atoms. The van der Waals surface area contributed by atoms with Crippen molar-refractivity contribution < 1.29 is 9.90 Å². The number of H-pyrrole nitrogens is 1. The molecule has 0 radical (unpaired) electrons. The van der Waals surface area contributed by atoms with Crippen molar-refractivity contribution in [3.05, 3.63) is 71.0 Å². The molecule has 5 heteroatoms. The molecule has 0 bridgehead atoms. The number of aliphatic hydroxyl groups is 1. The molecule has 0 aliphatic heterocycles. The number of nitrogens with one attached hydrogen (secondary N) is 2. The lowest BCUT2D eigenvalue weighted by molar-refractivity contribution is -0.117. The zero-order valence-electron chi connectivity index (χ0n) is 19.1. The smallest absolute Gasteiger partial charge is 0.227 e. The van der Waals surface area contributed by atoms with Gasteiger partial charge in [-0.1, -0.05) is 44.2 Å². The van der Waals surface area contributed by atoms with E-state index >= 15 is 0 Å². The number of pyridine rings is 1. The third kappa shape index (κ3) is 3.70. The predicted molar refractivity (Wildman–Crippen MR) is 131 cm³/mol. The number of nitrogens with zero attached hydrogens (tertiary/aromatic N) is 1. The van der Waals surface area contributed by atoms with Crippen LogP contribution in [0.2, 0.25) is 0 Å². The second-order valence-electron chi connectivity index (χ2n) is 10.5. The van der Waals surface area contributed by atoms with Crippen LogP contribution in [-0.4, -0.2) is 21.0 Å². The summed E-state index contributed by atoms with van der Waals surface area (Å²) in [5.41, 5.74) is 7.08. The number of benzene rings is 2. The monoisotopic (exact) mass is 439 g/mol. The maximum Gasteiger partial charge on any atom is 0.227 e. The van der Waals surface area contributed by atoms with Crippen molar-refractivity contribution in [1.29, 1.82) is 0 Å². The Labute approximate surface area is 193 Å². The molecule has 6 rings (SSSR count). The third-order valence-corrected chi connectivity index (χ3v) is 7.11. The summed E-state index contributed by atoms with van der Waals surface area (Å²) in [7, 11) is 0. The van der Waals surface area contributed by atoms with Crippen LogP contribution in [0.1, 0.15) is 61.7 Å². The normalized spacial score (nSPS) is 19.5. The molecule has 5 nitrogen and oxygen atoms in total. The van der Waals surface area contributed by atoms with Gasteiger partial charge in [0.15, 0.2) is 0 Å².